The maximum Gasteiger partial charge on any atom is 0.245 e. The highest BCUT2D eigenvalue weighted by Gasteiger charge is 2.46. The maximum absolute atomic E-state index is 12.2. The van der Waals surface area contributed by atoms with Crippen LogP contribution < -0.4 is 5.32 Å². The molecule has 2 amide bonds. The van der Waals surface area contributed by atoms with Crippen molar-refractivity contribution in [3.8, 4) is 0 Å². The van der Waals surface area contributed by atoms with Crippen LogP contribution in [0.4, 0.5) is 0 Å². The van der Waals surface area contributed by atoms with Gasteiger partial charge in [0.05, 0.1) is 12.2 Å². The molecule has 5 heteroatoms. The van der Waals surface area contributed by atoms with E-state index in [2.05, 4.69) is 5.32 Å². The molecule has 1 saturated heterocycles. The van der Waals surface area contributed by atoms with E-state index in [9.17, 15) is 9.59 Å². The molecule has 1 heterocycles. The molecule has 5 nitrogen and oxygen atoms in total. The monoisotopic (exact) mass is 268 g/mol. The van der Waals surface area contributed by atoms with Crippen molar-refractivity contribution in [3.63, 3.8) is 0 Å². The van der Waals surface area contributed by atoms with Gasteiger partial charge < -0.3 is 15.0 Å². The Hall–Kier alpha value is -1.10. The minimum absolute atomic E-state index is 0.00834. The van der Waals surface area contributed by atoms with E-state index in [-0.39, 0.29) is 23.5 Å². The number of rotatable bonds is 4. The first kappa shape index (κ1) is 14.3. The Kier molecular flexibility index (Phi) is 3.85. The van der Waals surface area contributed by atoms with Crippen LogP contribution in [0, 0.1) is 5.92 Å². The highest BCUT2D eigenvalue weighted by Crippen LogP contribution is 2.36. The lowest BCUT2D eigenvalue weighted by atomic mass is 10.0. The van der Waals surface area contributed by atoms with Gasteiger partial charge in [-0.3, -0.25) is 9.59 Å². The third-order valence-corrected chi connectivity index (χ3v) is 3.55. The van der Waals surface area contributed by atoms with Gasteiger partial charge in [0.15, 0.2) is 0 Å². The summed E-state index contributed by atoms with van der Waals surface area (Å²) in [6, 6.07) is -0.704. The fourth-order valence-corrected chi connectivity index (χ4v) is 2.47. The second-order valence-electron chi connectivity index (χ2n) is 6.51. The number of amides is 2. The van der Waals surface area contributed by atoms with Gasteiger partial charge in [-0.25, -0.2) is 0 Å². The number of piperazine rings is 1. The molecule has 1 N–H and O–H groups in total. The molecule has 0 spiro atoms. The van der Waals surface area contributed by atoms with Gasteiger partial charge in [-0.2, -0.15) is 0 Å². The number of carbonyl (C=O) groups excluding carboxylic acids is 2. The van der Waals surface area contributed by atoms with E-state index in [1.165, 1.54) is 0 Å². The Morgan fingerprint density at radius 2 is 1.95 bits per heavy atom. The molecule has 1 aliphatic carbocycles. The summed E-state index contributed by atoms with van der Waals surface area (Å²) in [5.74, 6) is 0.338. The van der Waals surface area contributed by atoms with Gasteiger partial charge >= 0.3 is 0 Å². The number of carbonyl (C=O) groups is 2. The number of ether oxygens (including phenoxy) is 1. The van der Waals surface area contributed by atoms with Crippen LogP contribution in [0.1, 0.15) is 40.5 Å². The quantitative estimate of drug-likeness (QED) is 0.825. The Morgan fingerprint density at radius 1 is 1.32 bits per heavy atom. The molecule has 1 saturated carbocycles. The summed E-state index contributed by atoms with van der Waals surface area (Å²) in [6.45, 7) is 8.66. The first-order valence-corrected chi connectivity index (χ1v) is 7.04. The van der Waals surface area contributed by atoms with Crippen molar-refractivity contribution in [1.29, 1.82) is 0 Å². The first-order valence-electron chi connectivity index (χ1n) is 7.04. The summed E-state index contributed by atoms with van der Waals surface area (Å²) < 4.78 is 5.67. The summed E-state index contributed by atoms with van der Waals surface area (Å²) in [5, 5.41) is 2.77. The highest BCUT2D eigenvalue weighted by molar-refractivity contribution is 5.97. The Morgan fingerprint density at radius 3 is 2.47 bits per heavy atom. The van der Waals surface area contributed by atoms with E-state index in [4.69, 9.17) is 4.74 Å². The van der Waals surface area contributed by atoms with Crippen molar-refractivity contribution in [3.05, 3.63) is 0 Å². The summed E-state index contributed by atoms with van der Waals surface area (Å²) in [4.78, 5) is 26.0. The average Bonchev–Trinajstić information content (AvgIpc) is 3.07. The third-order valence-electron chi connectivity index (χ3n) is 3.55. The van der Waals surface area contributed by atoms with Crippen molar-refractivity contribution in [2.45, 2.75) is 58.2 Å². The second-order valence-corrected chi connectivity index (χ2v) is 6.51. The van der Waals surface area contributed by atoms with Crippen LogP contribution in [0.15, 0.2) is 0 Å². The van der Waals surface area contributed by atoms with Crippen LogP contribution >= 0.6 is 0 Å². The number of hydrogen-bond donors (Lipinski definition) is 1. The molecule has 0 aromatic carbocycles. The Labute approximate surface area is 114 Å². The molecule has 1 aliphatic heterocycles. The van der Waals surface area contributed by atoms with Gasteiger partial charge in [-0.05, 0) is 46.5 Å². The van der Waals surface area contributed by atoms with Crippen molar-refractivity contribution in [2.75, 3.05) is 13.2 Å². The van der Waals surface area contributed by atoms with Gasteiger partial charge in [-0.15, -0.1) is 0 Å². The number of nitrogens with one attached hydrogen (secondary N) is 1. The van der Waals surface area contributed by atoms with E-state index >= 15 is 0 Å². The zero-order valence-electron chi connectivity index (χ0n) is 12.2. The third kappa shape index (κ3) is 3.47. The molecule has 0 aromatic heterocycles. The Balaban J connectivity index is 2.00. The van der Waals surface area contributed by atoms with Gasteiger partial charge in [-0.1, -0.05) is 0 Å². The fourth-order valence-electron chi connectivity index (χ4n) is 2.47. The molecule has 108 valence electrons. The van der Waals surface area contributed by atoms with Gasteiger partial charge in [0, 0.05) is 6.54 Å². The SMILES string of the molecule is CC1NC(=O)C(C2CC2)N(CCOC(C)(C)C)C1=O. The average molecular weight is 268 g/mol. The fraction of sp³-hybridized carbons (Fsp3) is 0.857. The molecule has 2 aliphatic rings. The summed E-state index contributed by atoms with van der Waals surface area (Å²) in [5.41, 5.74) is -0.220. The lowest BCUT2D eigenvalue weighted by molar-refractivity contribution is -0.151. The van der Waals surface area contributed by atoms with Crippen LogP contribution in [0.2, 0.25) is 0 Å². The normalized spacial score (nSPS) is 28.5. The first-order chi connectivity index (χ1) is 8.79. The smallest absolute Gasteiger partial charge is 0.245 e. The van der Waals surface area contributed by atoms with Crippen molar-refractivity contribution < 1.29 is 14.3 Å². The maximum atomic E-state index is 12.2. The number of hydrogen-bond acceptors (Lipinski definition) is 3. The lowest BCUT2D eigenvalue weighted by Gasteiger charge is -2.38. The van der Waals surface area contributed by atoms with Crippen LogP contribution in [-0.2, 0) is 14.3 Å². The van der Waals surface area contributed by atoms with E-state index in [1.807, 2.05) is 20.8 Å². The molecule has 2 atom stereocenters. The van der Waals surface area contributed by atoms with Crippen LogP contribution in [0.25, 0.3) is 0 Å². The molecule has 0 aromatic rings. The van der Waals surface area contributed by atoms with E-state index < -0.39 is 6.04 Å². The largest absolute Gasteiger partial charge is 0.374 e. The molecule has 2 unspecified atom stereocenters. The van der Waals surface area contributed by atoms with Crippen molar-refractivity contribution in [1.82, 2.24) is 10.2 Å². The second kappa shape index (κ2) is 5.12. The Bertz CT molecular complexity index is 371. The molecule has 2 fully saturated rings. The van der Waals surface area contributed by atoms with Crippen LogP contribution in [-0.4, -0.2) is 47.6 Å². The molecule has 0 bridgehead atoms. The van der Waals surface area contributed by atoms with Gasteiger partial charge in [0.25, 0.3) is 0 Å². The standard InChI is InChI=1S/C14H24N2O3/c1-9-13(18)16(7-8-19-14(2,3)4)11(10-5-6-10)12(17)15-9/h9-11H,5-8H2,1-4H3,(H,15,17). The van der Waals surface area contributed by atoms with Crippen molar-refractivity contribution in [2.24, 2.45) is 5.92 Å². The van der Waals surface area contributed by atoms with Crippen LogP contribution in [0.5, 0.6) is 0 Å². The molecule has 19 heavy (non-hydrogen) atoms. The zero-order valence-corrected chi connectivity index (χ0v) is 12.2. The summed E-state index contributed by atoms with van der Waals surface area (Å²) in [6.07, 6.45) is 2.08. The summed E-state index contributed by atoms with van der Waals surface area (Å²) >= 11 is 0. The molecular formula is C14H24N2O3. The highest BCUT2D eigenvalue weighted by atomic mass is 16.5. The van der Waals surface area contributed by atoms with Crippen LogP contribution in [0.3, 0.4) is 0 Å². The minimum atomic E-state index is -0.419. The van der Waals surface area contributed by atoms with Gasteiger partial charge in [0.1, 0.15) is 12.1 Å². The van der Waals surface area contributed by atoms with E-state index in [0.29, 0.717) is 19.1 Å². The lowest BCUT2D eigenvalue weighted by Crippen LogP contribution is -2.63. The minimum Gasteiger partial charge on any atom is -0.374 e. The predicted molar refractivity (Wildman–Crippen MR) is 71.5 cm³/mol. The van der Waals surface area contributed by atoms with E-state index in [0.717, 1.165) is 12.8 Å². The predicted octanol–water partition coefficient (Wildman–Crippen LogP) is 0.927. The number of nitrogens with zero attached hydrogens (tertiary/aromatic N) is 1. The molecule has 2 rings (SSSR count). The zero-order chi connectivity index (χ0) is 14.2. The van der Waals surface area contributed by atoms with Crippen molar-refractivity contribution >= 4 is 11.8 Å². The molecular weight excluding hydrogens is 244 g/mol. The van der Waals surface area contributed by atoms with E-state index in [1.54, 1.807) is 11.8 Å². The molecule has 0 radical (unpaired) electrons. The summed E-state index contributed by atoms with van der Waals surface area (Å²) in [7, 11) is 0. The topological polar surface area (TPSA) is 58.6 Å². The van der Waals surface area contributed by atoms with Gasteiger partial charge in [0.2, 0.25) is 11.8 Å².